The summed E-state index contributed by atoms with van der Waals surface area (Å²) in [6, 6.07) is 12.4. The number of methoxy groups -OCH3 is 1. The molecule has 1 unspecified atom stereocenters. The standard InChI is InChI=1S/C17H21N3O/c1-4-16(15-7-5-6-8-17(15)21-3)19-11-13-9-14(10-18)20(2)12-13/h5-9,12,16,19H,4,11H2,1-3H3. The van der Waals surface area contributed by atoms with Crippen molar-refractivity contribution < 1.29 is 4.74 Å². The van der Waals surface area contributed by atoms with Crippen LogP contribution in [0.3, 0.4) is 0 Å². The van der Waals surface area contributed by atoms with E-state index in [-0.39, 0.29) is 6.04 Å². The second-order valence-corrected chi connectivity index (χ2v) is 5.04. The fourth-order valence-electron chi connectivity index (χ4n) is 2.51. The summed E-state index contributed by atoms with van der Waals surface area (Å²) in [4.78, 5) is 0. The van der Waals surface area contributed by atoms with Crippen molar-refractivity contribution in [2.24, 2.45) is 7.05 Å². The molecule has 110 valence electrons. The Hall–Kier alpha value is -2.25. The van der Waals surface area contributed by atoms with Crippen molar-refractivity contribution in [1.82, 2.24) is 9.88 Å². The maximum Gasteiger partial charge on any atom is 0.123 e. The molecule has 0 spiro atoms. The molecule has 0 aliphatic carbocycles. The van der Waals surface area contributed by atoms with Crippen molar-refractivity contribution in [3.63, 3.8) is 0 Å². The van der Waals surface area contributed by atoms with E-state index in [9.17, 15) is 0 Å². The Kier molecular flexibility index (Phi) is 5.02. The van der Waals surface area contributed by atoms with Gasteiger partial charge in [0.1, 0.15) is 17.5 Å². The summed E-state index contributed by atoms with van der Waals surface area (Å²) >= 11 is 0. The second-order valence-electron chi connectivity index (χ2n) is 5.04. The molecule has 0 bridgehead atoms. The van der Waals surface area contributed by atoms with Gasteiger partial charge in [0.15, 0.2) is 0 Å². The van der Waals surface area contributed by atoms with E-state index in [1.54, 1.807) is 7.11 Å². The van der Waals surface area contributed by atoms with Gasteiger partial charge in [0.05, 0.1) is 7.11 Å². The smallest absolute Gasteiger partial charge is 0.123 e. The zero-order valence-corrected chi connectivity index (χ0v) is 12.8. The Morgan fingerprint density at radius 2 is 2.14 bits per heavy atom. The molecule has 0 amide bonds. The third-order valence-electron chi connectivity index (χ3n) is 3.65. The molecule has 2 rings (SSSR count). The SMILES string of the molecule is CCC(NCc1cc(C#N)n(C)c1)c1ccccc1OC. The molecular weight excluding hydrogens is 262 g/mol. The Morgan fingerprint density at radius 1 is 1.38 bits per heavy atom. The van der Waals surface area contributed by atoms with E-state index < -0.39 is 0 Å². The minimum atomic E-state index is 0.229. The highest BCUT2D eigenvalue weighted by Crippen LogP contribution is 2.27. The van der Waals surface area contributed by atoms with Crippen LogP contribution in [0.4, 0.5) is 0 Å². The third kappa shape index (κ3) is 3.45. The Balaban J connectivity index is 2.10. The number of nitrogens with one attached hydrogen (secondary N) is 1. The van der Waals surface area contributed by atoms with Crippen LogP contribution >= 0.6 is 0 Å². The lowest BCUT2D eigenvalue weighted by Crippen LogP contribution is -2.20. The lowest BCUT2D eigenvalue weighted by molar-refractivity contribution is 0.396. The first-order valence-corrected chi connectivity index (χ1v) is 7.11. The van der Waals surface area contributed by atoms with Crippen LogP contribution in [-0.4, -0.2) is 11.7 Å². The van der Waals surface area contributed by atoms with E-state index in [4.69, 9.17) is 10.00 Å². The fraction of sp³-hybridized carbons (Fsp3) is 0.353. The number of rotatable bonds is 6. The monoisotopic (exact) mass is 283 g/mol. The van der Waals surface area contributed by atoms with E-state index >= 15 is 0 Å². The molecule has 1 aromatic carbocycles. The molecule has 21 heavy (non-hydrogen) atoms. The summed E-state index contributed by atoms with van der Waals surface area (Å²) < 4.78 is 7.28. The normalized spacial score (nSPS) is 11.9. The Morgan fingerprint density at radius 3 is 2.76 bits per heavy atom. The molecule has 0 saturated carbocycles. The van der Waals surface area contributed by atoms with Crippen molar-refractivity contribution in [1.29, 1.82) is 5.26 Å². The number of hydrogen-bond acceptors (Lipinski definition) is 3. The first kappa shape index (κ1) is 15.1. The molecule has 0 aliphatic rings. The second kappa shape index (κ2) is 6.96. The Labute approximate surface area is 126 Å². The van der Waals surface area contributed by atoms with Crippen LogP contribution in [0, 0.1) is 11.3 Å². The molecular formula is C17H21N3O. The molecule has 2 aromatic rings. The summed E-state index contributed by atoms with van der Waals surface area (Å²) in [6.07, 6.45) is 2.96. The van der Waals surface area contributed by atoms with Gasteiger partial charge >= 0.3 is 0 Å². The van der Waals surface area contributed by atoms with Gasteiger partial charge in [-0.2, -0.15) is 5.26 Å². The number of nitrogens with zero attached hydrogens (tertiary/aromatic N) is 2. The molecule has 1 N–H and O–H groups in total. The van der Waals surface area contributed by atoms with E-state index in [2.05, 4.69) is 24.4 Å². The van der Waals surface area contributed by atoms with Gasteiger partial charge in [-0.25, -0.2) is 0 Å². The Bertz CT molecular complexity index is 640. The number of aryl methyl sites for hydroxylation is 1. The molecule has 1 aromatic heterocycles. The van der Waals surface area contributed by atoms with Crippen molar-refractivity contribution in [2.45, 2.75) is 25.9 Å². The highest BCUT2D eigenvalue weighted by molar-refractivity contribution is 5.36. The van der Waals surface area contributed by atoms with Gasteiger partial charge in [0.25, 0.3) is 0 Å². The molecule has 0 radical (unpaired) electrons. The minimum absolute atomic E-state index is 0.229. The zero-order valence-electron chi connectivity index (χ0n) is 12.8. The molecule has 0 saturated heterocycles. The highest BCUT2D eigenvalue weighted by atomic mass is 16.5. The van der Waals surface area contributed by atoms with Gasteiger partial charge in [0.2, 0.25) is 0 Å². The summed E-state index contributed by atoms with van der Waals surface area (Å²) in [5, 5.41) is 12.5. The average molecular weight is 283 g/mol. The van der Waals surface area contributed by atoms with Crippen LogP contribution in [0.15, 0.2) is 36.5 Å². The van der Waals surface area contributed by atoms with Gasteiger partial charge in [0, 0.05) is 31.4 Å². The summed E-state index contributed by atoms with van der Waals surface area (Å²) in [5.41, 5.74) is 2.96. The van der Waals surface area contributed by atoms with E-state index in [1.807, 2.05) is 42.1 Å². The van der Waals surface area contributed by atoms with Gasteiger partial charge < -0.3 is 14.6 Å². The van der Waals surface area contributed by atoms with Crippen LogP contribution in [-0.2, 0) is 13.6 Å². The fourth-order valence-corrected chi connectivity index (χ4v) is 2.51. The third-order valence-corrected chi connectivity index (χ3v) is 3.65. The van der Waals surface area contributed by atoms with Crippen molar-refractivity contribution >= 4 is 0 Å². The first-order valence-electron chi connectivity index (χ1n) is 7.11. The number of ether oxygens (including phenoxy) is 1. The summed E-state index contributed by atoms with van der Waals surface area (Å²) in [6.45, 7) is 2.88. The van der Waals surface area contributed by atoms with Crippen LogP contribution in [0.2, 0.25) is 0 Å². The van der Waals surface area contributed by atoms with Crippen LogP contribution in [0.25, 0.3) is 0 Å². The van der Waals surface area contributed by atoms with Crippen molar-refractivity contribution in [3.05, 3.63) is 53.3 Å². The summed E-state index contributed by atoms with van der Waals surface area (Å²) in [5.74, 6) is 0.905. The maximum atomic E-state index is 8.99. The lowest BCUT2D eigenvalue weighted by atomic mass is 10.0. The van der Waals surface area contributed by atoms with Crippen molar-refractivity contribution in [2.75, 3.05) is 7.11 Å². The van der Waals surface area contributed by atoms with E-state index in [0.717, 1.165) is 24.3 Å². The van der Waals surface area contributed by atoms with Crippen LogP contribution < -0.4 is 10.1 Å². The predicted molar refractivity (Wildman–Crippen MR) is 83.0 cm³/mol. The number of hydrogen-bond donors (Lipinski definition) is 1. The van der Waals surface area contributed by atoms with Gasteiger partial charge in [-0.15, -0.1) is 0 Å². The average Bonchev–Trinajstić information content (AvgIpc) is 2.88. The number of nitriles is 1. The van der Waals surface area contributed by atoms with Gasteiger partial charge in [-0.1, -0.05) is 25.1 Å². The van der Waals surface area contributed by atoms with Crippen molar-refractivity contribution in [3.8, 4) is 11.8 Å². The molecule has 0 aliphatic heterocycles. The molecule has 4 heteroatoms. The topological polar surface area (TPSA) is 50.0 Å². The number of benzene rings is 1. The molecule has 1 heterocycles. The van der Waals surface area contributed by atoms with Gasteiger partial charge in [-0.3, -0.25) is 0 Å². The number of para-hydroxylation sites is 1. The highest BCUT2D eigenvalue weighted by Gasteiger charge is 2.14. The zero-order chi connectivity index (χ0) is 15.2. The molecule has 0 fully saturated rings. The maximum absolute atomic E-state index is 8.99. The molecule has 1 atom stereocenters. The quantitative estimate of drug-likeness (QED) is 0.886. The molecule has 4 nitrogen and oxygen atoms in total. The minimum Gasteiger partial charge on any atom is -0.496 e. The van der Waals surface area contributed by atoms with Crippen LogP contribution in [0.5, 0.6) is 5.75 Å². The largest absolute Gasteiger partial charge is 0.496 e. The van der Waals surface area contributed by atoms with Crippen LogP contribution in [0.1, 0.15) is 36.2 Å². The predicted octanol–water partition coefficient (Wildman–Crippen LogP) is 3.15. The lowest BCUT2D eigenvalue weighted by Gasteiger charge is -2.19. The number of aromatic nitrogens is 1. The van der Waals surface area contributed by atoms with Gasteiger partial charge in [-0.05, 0) is 24.1 Å². The summed E-state index contributed by atoms with van der Waals surface area (Å²) in [7, 11) is 3.58. The van der Waals surface area contributed by atoms with E-state index in [0.29, 0.717) is 5.69 Å². The first-order chi connectivity index (χ1) is 10.2. The van der Waals surface area contributed by atoms with E-state index in [1.165, 1.54) is 5.56 Å².